The Morgan fingerprint density at radius 3 is 2.82 bits per heavy atom. The fourth-order valence-electron chi connectivity index (χ4n) is 5.01. The Labute approximate surface area is 169 Å². The van der Waals surface area contributed by atoms with Gasteiger partial charge in [0, 0.05) is 12.3 Å². The number of allylic oxidation sites excluding steroid dienone is 3. The van der Waals surface area contributed by atoms with E-state index in [2.05, 4.69) is 32.1 Å². The summed E-state index contributed by atoms with van der Waals surface area (Å²) in [4.78, 5) is 24.2. The van der Waals surface area contributed by atoms with Gasteiger partial charge in [-0.3, -0.25) is 9.59 Å². The van der Waals surface area contributed by atoms with Crippen LogP contribution in [0, 0.1) is 29.6 Å². The van der Waals surface area contributed by atoms with E-state index >= 15 is 0 Å². The molecule has 0 N–H and O–H groups in total. The summed E-state index contributed by atoms with van der Waals surface area (Å²) in [5.41, 5.74) is 1.32. The van der Waals surface area contributed by atoms with Crippen LogP contribution in [0.3, 0.4) is 0 Å². The van der Waals surface area contributed by atoms with Crippen LogP contribution in [0.25, 0.3) is 0 Å². The van der Waals surface area contributed by atoms with Gasteiger partial charge >= 0.3 is 11.9 Å². The molecule has 0 unspecified atom stereocenters. The number of carbonyl (C=O) groups excluding carboxylic acids is 2. The zero-order chi connectivity index (χ0) is 20.3. The van der Waals surface area contributed by atoms with E-state index in [9.17, 15) is 9.59 Å². The van der Waals surface area contributed by atoms with Gasteiger partial charge in [0.1, 0.15) is 12.2 Å². The van der Waals surface area contributed by atoms with Crippen molar-refractivity contribution < 1.29 is 19.1 Å². The minimum absolute atomic E-state index is 0.0513. The first-order chi connectivity index (χ1) is 13.4. The number of rotatable bonds is 6. The molecule has 1 fully saturated rings. The maximum absolute atomic E-state index is 12.5. The van der Waals surface area contributed by atoms with E-state index in [0.29, 0.717) is 24.2 Å². The molecule has 3 rings (SSSR count). The van der Waals surface area contributed by atoms with Crippen LogP contribution < -0.4 is 0 Å². The van der Waals surface area contributed by atoms with Crippen LogP contribution in [0.1, 0.15) is 72.6 Å². The number of carbonyl (C=O) groups is 2. The van der Waals surface area contributed by atoms with E-state index in [0.717, 1.165) is 38.5 Å². The smallest absolute Gasteiger partial charge is 0.308 e. The maximum Gasteiger partial charge on any atom is 0.308 e. The van der Waals surface area contributed by atoms with Crippen molar-refractivity contribution in [2.45, 2.75) is 84.8 Å². The second-order valence-electron chi connectivity index (χ2n) is 9.15. The van der Waals surface area contributed by atoms with Crippen LogP contribution in [-0.2, 0) is 19.1 Å². The zero-order valence-corrected chi connectivity index (χ0v) is 17.9. The number of esters is 2. The Balaban J connectivity index is 1.74. The summed E-state index contributed by atoms with van der Waals surface area (Å²) in [6.07, 6.45) is 13.0. The van der Waals surface area contributed by atoms with Gasteiger partial charge in [0.25, 0.3) is 0 Å². The first-order valence-corrected chi connectivity index (χ1v) is 11.2. The molecule has 28 heavy (non-hydrogen) atoms. The van der Waals surface area contributed by atoms with E-state index in [1.165, 1.54) is 5.57 Å². The molecular weight excluding hydrogens is 352 g/mol. The molecule has 2 aliphatic carbocycles. The van der Waals surface area contributed by atoms with Gasteiger partial charge in [0.05, 0.1) is 5.92 Å². The lowest BCUT2D eigenvalue weighted by molar-refractivity contribution is -0.159. The highest BCUT2D eigenvalue weighted by Gasteiger charge is 2.41. The van der Waals surface area contributed by atoms with Crippen molar-refractivity contribution in [1.82, 2.24) is 0 Å². The third kappa shape index (κ3) is 4.87. The zero-order valence-electron chi connectivity index (χ0n) is 17.9. The van der Waals surface area contributed by atoms with Gasteiger partial charge in [-0.25, -0.2) is 0 Å². The van der Waals surface area contributed by atoms with Gasteiger partial charge in [-0.15, -0.1) is 0 Å². The standard InChI is InChI=1S/C24H36O4/c1-5-16(3)24(26)28-21-14-15(2)13-18-10-9-17(4)20(23(18)21)12-11-19-7-6-8-22(25)27-19/h9-10,13,15-17,19-21,23H,5-8,11-12,14H2,1-4H3/t15-,16-,17-,19-,20-,21-,23-/m0/s1. The van der Waals surface area contributed by atoms with Crippen molar-refractivity contribution in [3.8, 4) is 0 Å². The van der Waals surface area contributed by atoms with E-state index in [1.807, 2.05) is 13.8 Å². The molecule has 156 valence electrons. The molecule has 0 radical (unpaired) electrons. The highest BCUT2D eigenvalue weighted by Crippen LogP contribution is 2.45. The van der Waals surface area contributed by atoms with E-state index in [1.54, 1.807) is 0 Å². The molecule has 0 aromatic carbocycles. The first-order valence-electron chi connectivity index (χ1n) is 11.2. The molecule has 0 bridgehead atoms. The number of ether oxygens (including phenoxy) is 2. The quantitative estimate of drug-likeness (QED) is 0.585. The summed E-state index contributed by atoms with van der Waals surface area (Å²) in [5, 5.41) is 0. The Bertz CT molecular complexity index is 635. The normalized spacial score (nSPS) is 36.1. The average Bonchev–Trinajstić information content (AvgIpc) is 2.66. The van der Waals surface area contributed by atoms with Crippen LogP contribution in [0.4, 0.5) is 0 Å². The fourth-order valence-corrected chi connectivity index (χ4v) is 5.01. The van der Waals surface area contributed by atoms with Crippen LogP contribution in [0.2, 0.25) is 0 Å². The van der Waals surface area contributed by atoms with E-state index < -0.39 is 0 Å². The summed E-state index contributed by atoms with van der Waals surface area (Å²) in [7, 11) is 0. The molecule has 0 aromatic heterocycles. The number of cyclic esters (lactones) is 1. The molecule has 4 nitrogen and oxygen atoms in total. The molecule has 1 aliphatic heterocycles. The Morgan fingerprint density at radius 2 is 2.11 bits per heavy atom. The molecular formula is C24H36O4. The van der Waals surface area contributed by atoms with Crippen molar-refractivity contribution in [2.75, 3.05) is 0 Å². The van der Waals surface area contributed by atoms with Gasteiger partial charge in [-0.1, -0.05) is 45.9 Å². The second-order valence-corrected chi connectivity index (χ2v) is 9.15. The van der Waals surface area contributed by atoms with E-state index in [-0.39, 0.29) is 36.0 Å². The Hall–Kier alpha value is -1.58. The molecule has 0 amide bonds. The highest BCUT2D eigenvalue weighted by atomic mass is 16.5. The molecule has 7 atom stereocenters. The lowest BCUT2D eigenvalue weighted by atomic mass is 9.65. The molecule has 0 saturated carbocycles. The van der Waals surface area contributed by atoms with Gasteiger partial charge in [0.15, 0.2) is 0 Å². The predicted octanol–water partition coefficient (Wildman–Crippen LogP) is 5.22. The second kappa shape index (κ2) is 9.28. The van der Waals surface area contributed by atoms with Gasteiger partial charge in [0.2, 0.25) is 0 Å². The third-order valence-electron chi connectivity index (χ3n) is 6.90. The Morgan fingerprint density at radius 1 is 1.32 bits per heavy atom. The molecule has 1 saturated heterocycles. The molecule has 4 heteroatoms. The van der Waals surface area contributed by atoms with Gasteiger partial charge in [-0.2, -0.15) is 0 Å². The minimum Gasteiger partial charge on any atom is -0.462 e. The van der Waals surface area contributed by atoms with E-state index in [4.69, 9.17) is 9.47 Å². The van der Waals surface area contributed by atoms with Crippen LogP contribution in [-0.4, -0.2) is 24.1 Å². The minimum atomic E-state index is -0.0666. The highest BCUT2D eigenvalue weighted by molar-refractivity contribution is 5.72. The SMILES string of the molecule is CC[C@H](C)C(=O)O[C@H]1C[C@@H](C)C=C2C=C[C@H](C)[C@H](CC[C@@H]3CCCC(=O)O3)[C@H]21. The van der Waals surface area contributed by atoms with Crippen molar-refractivity contribution in [1.29, 1.82) is 0 Å². The van der Waals surface area contributed by atoms with Crippen LogP contribution in [0.5, 0.6) is 0 Å². The van der Waals surface area contributed by atoms with Crippen molar-refractivity contribution in [2.24, 2.45) is 29.6 Å². The Kier molecular flexibility index (Phi) is 7.00. The lowest BCUT2D eigenvalue weighted by Gasteiger charge is -2.43. The summed E-state index contributed by atoms with van der Waals surface area (Å²) < 4.78 is 11.6. The lowest BCUT2D eigenvalue weighted by Crippen LogP contribution is -2.41. The molecule has 0 spiro atoms. The molecule has 0 aromatic rings. The molecule has 3 aliphatic rings. The van der Waals surface area contributed by atoms with Crippen LogP contribution in [0.15, 0.2) is 23.8 Å². The van der Waals surface area contributed by atoms with Crippen LogP contribution >= 0.6 is 0 Å². The van der Waals surface area contributed by atoms with Crippen molar-refractivity contribution in [3.05, 3.63) is 23.8 Å². The van der Waals surface area contributed by atoms with Crippen molar-refractivity contribution in [3.63, 3.8) is 0 Å². The summed E-state index contributed by atoms with van der Waals surface area (Å²) in [6, 6.07) is 0. The molecule has 1 heterocycles. The number of hydrogen-bond acceptors (Lipinski definition) is 4. The average molecular weight is 389 g/mol. The monoisotopic (exact) mass is 388 g/mol. The van der Waals surface area contributed by atoms with Gasteiger partial charge < -0.3 is 9.47 Å². The van der Waals surface area contributed by atoms with Crippen molar-refractivity contribution >= 4 is 11.9 Å². The summed E-state index contributed by atoms with van der Waals surface area (Å²) >= 11 is 0. The fraction of sp³-hybridized carbons (Fsp3) is 0.750. The third-order valence-corrected chi connectivity index (χ3v) is 6.90. The first kappa shape index (κ1) is 21.1. The predicted molar refractivity (Wildman–Crippen MR) is 109 cm³/mol. The topological polar surface area (TPSA) is 52.6 Å². The number of fused-ring (bicyclic) bond motifs is 1. The summed E-state index contributed by atoms with van der Waals surface area (Å²) in [5.74, 6) is 1.34. The van der Waals surface area contributed by atoms with Gasteiger partial charge in [-0.05, 0) is 61.9 Å². The largest absolute Gasteiger partial charge is 0.462 e. The maximum atomic E-state index is 12.5. The summed E-state index contributed by atoms with van der Waals surface area (Å²) in [6.45, 7) is 8.44. The number of hydrogen-bond donors (Lipinski definition) is 0.